The zero-order valence-corrected chi connectivity index (χ0v) is 11.6. The maximum atomic E-state index is 5.54. The molecule has 0 bridgehead atoms. The van der Waals surface area contributed by atoms with Gasteiger partial charge in [-0.2, -0.15) is 0 Å². The van der Waals surface area contributed by atoms with Crippen LogP contribution in [-0.4, -0.2) is 18.3 Å². The molecule has 4 nitrogen and oxygen atoms in total. The summed E-state index contributed by atoms with van der Waals surface area (Å²) < 4.78 is 11.0. The molecule has 0 saturated carbocycles. The van der Waals surface area contributed by atoms with Crippen molar-refractivity contribution in [1.29, 1.82) is 0 Å². The van der Waals surface area contributed by atoms with Crippen molar-refractivity contribution in [2.24, 2.45) is 5.73 Å². The quantitative estimate of drug-likeness (QED) is 0.897. The fourth-order valence-electron chi connectivity index (χ4n) is 1.96. The number of aromatic nitrogens is 1. The molecular formula is C15H20N2O2. The molecule has 19 heavy (non-hydrogen) atoms. The van der Waals surface area contributed by atoms with Gasteiger partial charge in [0, 0.05) is 12.1 Å². The van der Waals surface area contributed by atoms with Crippen LogP contribution in [0, 0.1) is 6.92 Å². The van der Waals surface area contributed by atoms with E-state index in [1.54, 1.807) is 0 Å². The first-order chi connectivity index (χ1) is 9.13. The molecule has 0 aliphatic rings. The molecule has 0 aliphatic carbocycles. The Balaban J connectivity index is 2.39. The van der Waals surface area contributed by atoms with Gasteiger partial charge in [0.15, 0.2) is 5.76 Å². The molecule has 2 aromatic rings. The van der Waals surface area contributed by atoms with Crippen molar-refractivity contribution in [1.82, 2.24) is 5.16 Å². The molecule has 0 radical (unpaired) electrons. The van der Waals surface area contributed by atoms with E-state index >= 15 is 0 Å². The van der Waals surface area contributed by atoms with Gasteiger partial charge >= 0.3 is 0 Å². The summed E-state index contributed by atoms with van der Waals surface area (Å²) in [6.45, 7) is 7.16. The van der Waals surface area contributed by atoms with Gasteiger partial charge in [0.1, 0.15) is 6.61 Å². The maximum absolute atomic E-state index is 5.54. The highest BCUT2D eigenvalue weighted by Gasteiger charge is 2.21. The van der Waals surface area contributed by atoms with Crippen LogP contribution in [0.4, 0.5) is 0 Å². The van der Waals surface area contributed by atoms with E-state index in [-0.39, 0.29) is 5.92 Å². The second-order valence-electron chi connectivity index (χ2n) is 4.89. The van der Waals surface area contributed by atoms with Crippen molar-refractivity contribution in [3.63, 3.8) is 0 Å². The van der Waals surface area contributed by atoms with Crippen LogP contribution in [0.25, 0.3) is 11.3 Å². The Hall–Kier alpha value is -1.81. The minimum absolute atomic E-state index is 0.273. The summed E-state index contributed by atoms with van der Waals surface area (Å²) in [5.74, 6) is 1.60. The predicted molar refractivity (Wildman–Crippen MR) is 75.3 cm³/mol. The number of benzene rings is 1. The first kappa shape index (κ1) is 13.6. The molecule has 0 aliphatic heterocycles. The lowest BCUT2D eigenvalue weighted by Crippen LogP contribution is -2.11. The standard InChI is InChI=1S/C15H20N2O2/c1-10(2)13-14(12-6-4-11(3)5-7-12)19-17-15(13)18-9-8-16/h4-7,10H,8-9,16H2,1-3H3. The van der Waals surface area contributed by atoms with E-state index in [2.05, 4.69) is 38.1 Å². The molecule has 0 atom stereocenters. The van der Waals surface area contributed by atoms with E-state index in [9.17, 15) is 0 Å². The fourth-order valence-corrected chi connectivity index (χ4v) is 1.96. The zero-order chi connectivity index (χ0) is 13.8. The van der Waals surface area contributed by atoms with E-state index in [4.69, 9.17) is 15.0 Å². The summed E-state index contributed by atoms with van der Waals surface area (Å²) in [6.07, 6.45) is 0. The number of ether oxygens (including phenoxy) is 1. The minimum atomic E-state index is 0.273. The predicted octanol–water partition coefficient (Wildman–Crippen LogP) is 3.11. The summed E-state index contributed by atoms with van der Waals surface area (Å²) in [4.78, 5) is 0. The molecule has 0 spiro atoms. The highest BCUT2D eigenvalue weighted by atomic mass is 16.5. The Morgan fingerprint density at radius 3 is 2.53 bits per heavy atom. The summed E-state index contributed by atoms with van der Waals surface area (Å²) in [5, 5.41) is 4.02. The zero-order valence-electron chi connectivity index (χ0n) is 11.6. The second-order valence-corrected chi connectivity index (χ2v) is 4.89. The maximum Gasteiger partial charge on any atom is 0.258 e. The largest absolute Gasteiger partial charge is 0.474 e. The molecule has 1 heterocycles. The summed E-state index contributed by atoms with van der Waals surface area (Å²) >= 11 is 0. The number of hydrogen-bond donors (Lipinski definition) is 1. The molecule has 0 fully saturated rings. The van der Waals surface area contributed by atoms with Crippen LogP contribution in [0.5, 0.6) is 5.88 Å². The third-order valence-electron chi connectivity index (χ3n) is 2.94. The molecule has 4 heteroatoms. The molecular weight excluding hydrogens is 240 g/mol. The van der Waals surface area contributed by atoms with E-state index in [1.807, 2.05) is 12.1 Å². The molecule has 0 unspecified atom stereocenters. The van der Waals surface area contributed by atoms with Crippen LogP contribution >= 0.6 is 0 Å². The van der Waals surface area contributed by atoms with Crippen molar-refractivity contribution < 1.29 is 9.26 Å². The molecule has 102 valence electrons. The summed E-state index contributed by atoms with van der Waals surface area (Å²) in [7, 11) is 0. The third-order valence-corrected chi connectivity index (χ3v) is 2.94. The van der Waals surface area contributed by atoms with Crippen LogP contribution in [0.15, 0.2) is 28.8 Å². The van der Waals surface area contributed by atoms with E-state index in [0.717, 1.165) is 16.9 Å². The van der Waals surface area contributed by atoms with Gasteiger partial charge in [-0.25, -0.2) is 0 Å². The van der Waals surface area contributed by atoms with Crippen LogP contribution in [0.1, 0.15) is 30.9 Å². The fraction of sp³-hybridized carbons (Fsp3) is 0.400. The smallest absolute Gasteiger partial charge is 0.258 e. The van der Waals surface area contributed by atoms with Crippen molar-refractivity contribution in [3.05, 3.63) is 35.4 Å². The number of hydrogen-bond acceptors (Lipinski definition) is 4. The monoisotopic (exact) mass is 260 g/mol. The lowest BCUT2D eigenvalue weighted by Gasteiger charge is -2.08. The van der Waals surface area contributed by atoms with Gasteiger partial charge in [0.25, 0.3) is 5.88 Å². The molecule has 0 amide bonds. The Labute approximate surface area is 113 Å². The lowest BCUT2D eigenvalue weighted by molar-refractivity contribution is 0.286. The highest BCUT2D eigenvalue weighted by molar-refractivity contribution is 5.64. The van der Waals surface area contributed by atoms with Gasteiger partial charge in [0.05, 0.1) is 5.56 Å². The van der Waals surface area contributed by atoms with Crippen LogP contribution in [0.2, 0.25) is 0 Å². The molecule has 1 aromatic carbocycles. The summed E-state index contributed by atoms with van der Waals surface area (Å²) in [5.41, 5.74) is 8.69. The normalized spacial score (nSPS) is 11.0. The van der Waals surface area contributed by atoms with E-state index in [1.165, 1.54) is 5.56 Å². The molecule has 0 saturated heterocycles. The minimum Gasteiger partial charge on any atom is -0.474 e. The number of nitrogens with zero attached hydrogens (tertiary/aromatic N) is 1. The average molecular weight is 260 g/mol. The Bertz CT molecular complexity index is 530. The van der Waals surface area contributed by atoms with Gasteiger partial charge in [0.2, 0.25) is 0 Å². The van der Waals surface area contributed by atoms with Crippen molar-refractivity contribution in [2.75, 3.05) is 13.2 Å². The van der Waals surface area contributed by atoms with Crippen molar-refractivity contribution >= 4 is 0 Å². The van der Waals surface area contributed by atoms with Gasteiger partial charge in [-0.15, -0.1) is 0 Å². The first-order valence-corrected chi connectivity index (χ1v) is 6.53. The lowest BCUT2D eigenvalue weighted by atomic mass is 9.99. The Morgan fingerprint density at radius 1 is 1.26 bits per heavy atom. The molecule has 2 rings (SSSR count). The SMILES string of the molecule is Cc1ccc(-c2onc(OCCN)c2C(C)C)cc1. The molecule has 1 aromatic heterocycles. The number of nitrogens with two attached hydrogens (primary N) is 1. The number of aryl methyl sites for hydroxylation is 1. The Morgan fingerprint density at radius 2 is 1.95 bits per heavy atom. The second kappa shape index (κ2) is 5.89. The Kier molecular flexibility index (Phi) is 4.22. The van der Waals surface area contributed by atoms with E-state index < -0.39 is 0 Å². The third kappa shape index (κ3) is 2.96. The van der Waals surface area contributed by atoms with Crippen LogP contribution in [-0.2, 0) is 0 Å². The van der Waals surface area contributed by atoms with Crippen LogP contribution < -0.4 is 10.5 Å². The van der Waals surface area contributed by atoms with Gasteiger partial charge in [-0.1, -0.05) is 43.7 Å². The summed E-state index contributed by atoms with van der Waals surface area (Å²) in [6, 6.07) is 8.19. The molecule has 2 N–H and O–H groups in total. The average Bonchev–Trinajstić information content (AvgIpc) is 2.81. The van der Waals surface area contributed by atoms with E-state index in [0.29, 0.717) is 19.0 Å². The topological polar surface area (TPSA) is 61.3 Å². The van der Waals surface area contributed by atoms with Gasteiger partial charge in [-0.3, -0.25) is 0 Å². The van der Waals surface area contributed by atoms with Crippen molar-refractivity contribution in [2.45, 2.75) is 26.7 Å². The van der Waals surface area contributed by atoms with Gasteiger partial charge < -0.3 is 15.0 Å². The van der Waals surface area contributed by atoms with Gasteiger partial charge in [-0.05, 0) is 18.0 Å². The van der Waals surface area contributed by atoms with Crippen LogP contribution in [0.3, 0.4) is 0 Å². The first-order valence-electron chi connectivity index (χ1n) is 6.53. The number of rotatable bonds is 5. The van der Waals surface area contributed by atoms with Crippen molar-refractivity contribution in [3.8, 4) is 17.2 Å². The highest BCUT2D eigenvalue weighted by Crippen LogP contribution is 2.36.